The van der Waals surface area contributed by atoms with Crippen LogP contribution in [0.3, 0.4) is 0 Å². The van der Waals surface area contributed by atoms with E-state index < -0.39 is 24.7 Å². The third-order valence-corrected chi connectivity index (χ3v) is 3.41. The summed E-state index contributed by atoms with van der Waals surface area (Å²) in [7, 11) is -0.403. The molecule has 1 fully saturated rings. The lowest BCUT2D eigenvalue weighted by molar-refractivity contribution is -0.305. The highest BCUT2D eigenvalue weighted by atomic mass is 19.4. The molecule has 0 aromatic carbocycles. The van der Waals surface area contributed by atoms with E-state index in [4.69, 9.17) is 9.31 Å². The molecule has 0 spiro atoms. The third kappa shape index (κ3) is 4.73. The Labute approximate surface area is 112 Å². The Kier molecular flexibility index (Phi) is 4.62. The normalized spacial score (nSPS) is 22.7. The zero-order chi connectivity index (χ0) is 14.9. The minimum absolute atomic E-state index is 0.163. The van der Waals surface area contributed by atoms with Gasteiger partial charge < -0.3 is 14.0 Å². The fourth-order valence-electron chi connectivity index (χ4n) is 1.73. The van der Waals surface area contributed by atoms with Crippen molar-refractivity contribution in [2.45, 2.75) is 64.9 Å². The predicted octanol–water partition coefficient (Wildman–Crippen LogP) is 3.91. The van der Waals surface area contributed by atoms with Gasteiger partial charge >= 0.3 is 13.5 Å². The Morgan fingerprint density at radius 1 is 1.16 bits per heavy atom. The summed E-state index contributed by atoms with van der Waals surface area (Å²) in [6.45, 7) is 9.00. The quantitative estimate of drug-likeness (QED) is 0.577. The monoisotopic (exact) mass is 280 g/mol. The van der Waals surface area contributed by atoms with Crippen LogP contribution in [0, 0.1) is 0 Å². The summed E-state index contributed by atoms with van der Waals surface area (Å²) >= 11 is 0. The second kappa shape index (κ2) is 5.36. The fourth-order valence-corrected chi connectivity index (χ4v) is 1.73. The third-order valence-electron chi connectivity index (χ3n) is 3.41. The minimum atomic E-state index is -4.63. The van der Waals surface area contributed by atoms with Gasteiger partial charge in [-0.3, -0.25) is 0 Å². The summed E-state index contributed by atoms with van der Waals surface area (Å²) in [6.07, 6.45) is -2.35. The first-order valence-electron chi connectivity index (χ1n) is 6.21. The van der Waals surface area contributed by atoms with Crippen LogP contribution in [0.4, 0.5) is 13.2 Å². The van der Waals surface area contributed by atoms with Crippen molar-refractivity contribution in [3.63, 3.8) is 0 Å². The fraction of sp³-hybridized carbons (Fsp3) is 0.833. The first-order valence-corrected chi connectivity index (χ1v) is 6.21. The van der Waals surface area contributed by atoms with Gasteiger partial charge in [-0.05, 0) is 53.4 Å². The number of hydrogen-bond acceptors (Lipinski definition) is 3. The van der Waals surface area contributed by atoms with E-state index >= 15 is 0 Å². The van der Waals surface area contributed by atoms with Crippen molar-refractivity contribution in [3.8, 4) is 0 Å². The van der Waals surface area contributed by atoms with E-state index in [0.717, 1.165) is 0 Å². The molecule has 3 nitrogen and oxygen atoms in total. The van der Waals surface area contributed by atoms with Crippen molar-refractivity contribution in [1.82, 2.24) is 0 Å². The lowest BCUT2D eigenvalue weighted by Gasteiger charge is -2.32. The lowest BCUT2D eigenvalue weighted by atomic mass is 9.83. The van der Waals surface area contributed by atoms with E-state index in [9.17, 15) is 13.2 Å². The summed E-state index contributed by atoms with van der Waals surface area (Å²) in [5, 5.41) is 0. The first-order chi connectivity index (χ1) is 8.43. The van der Waals surface area contributed by atoms with Crippen LogP contribution >= 0.6 is 0 Å². The molecule has 0 aromatic rings. The van der Waals surface area contributed by atoms with Crippen molar-refractivity contribution in [1.29, 1.82) is 0 Å². The summed E-state index contributed by atoms with van der Waals surface area (Å²) in [5.74, 6) is -0.163. The molecule has 0 amide bonds. The maximum absolute atomic E-state index is 11.9. The van der Waals surface area contributed by atoms with Crippen molar-refractivity contribution in [3.05, 3.63) is 11.8 Å². The average Bonchev–Trinajstić information content (AvgIpc) is 2.31. The molecule has 0 saturated carbocycles. The van der Waals surface area contributed by atoms with Crippen LogP contribution in [0.1, 0.15) is 41.0 Å². The topological polar surface area (TPSA) is 27.7 Å². The summed E-state index contributed by atoms with van der Waals surface area (Å²) in [5.41, 5.74) is -0.836. The van der Waals surface area contributed by atoms with Crippen molar-refractivity contribution < 1.29 is 27.2 Å². The van der Waals surface area contributed by atoms with E-state index in [1.165, 1.54) is 13.0 Å². The molecule has 0 unspecified atom stereocenters. The maximum atomic E-state index is 11.9. The van der Waals surface area contributed by atoms with Gasteiger partial charge in [-0.1, -0.05) is 0 Å². The van der Waals surface area contributed by atoms with Crippen LogP contribution in [0.15, 0.2) is 11.8 Å². The van der Waals surface area contributed by atoms with E-state index in [1.807, 2.05) is 27.7 Å². The molecule has 0 N–H and O–H groups in total. The van der Waals surface area contributed by atoms with Gasteiger partial charge in [0.15, 0.2) is 0 Å². The molecule has 1 aliphatic rings. The smallest absolute Gasteiger partial charge is 0.411 e. The Balaban J connectivity index is 2.42. The number of hydrogen-bond donors (Lipinski definition) is 0. The second-order valence-corrected chi connectivity index (χ2v) is 5.63. The number of allylic oxidation sites excluding steroid dienone is 2. The number of halogens is 3. The minimum Gasteiger partial charge on any atom is -0.411 e. The van der Waals surface area contributed by atoms with Gasteiger partial charge in [0.25, 0.3) is 0 Å². The van der Waals surface area contributed by atoms with Crippen LogP contribution < -0.4 is 0 Å². The van der Waals surface area contributed by atoms with Gasteiger partial charge in [-0.25, -0.2) is 0 Å². The van der Waals surface area contributed by atoms with Crippen LogP contribution in [0.5, 0.6) is 0 Å². The van der Waals surface area contributed by atoms with Crippen LogP contribution in [-0.2, 0) is 14.0 Å². The van der Waals surface area contributed by atoms with Crippen LogP contribution in [-0.4, -0.2) is 24.7 Å². The number of rotatable bonds is 4. The summed E-state index contributed by atoms with van der Waals surface area (Å²) in [6, 6.07) is 0. The molecular weight excluding hydrogens is 260 g/mol. The van der Waals surface area contributed by atoms with Crippen LogP contribution in [0.2, 0.25) is 6.32 Å². The maximum Gasteiger partial charge on any atom is 0.572 e. The standard InChI is InChI=1S/C12H20BF3O3/c1-9(17-12(14,15)16)7-6-8-13-18-10(2,3)11(4,5)19-13/h7H,6,8H2,1-5H3/b9-7+. The molecule has 0 aromatic heterocycles. The van der Waals surface area contributed by atoms with Crippen molar-refractivity contribution >= 4 is 7.12 Å². The van der Waals surface area contributed by atoms with E-state index in [1.54, 1.807) is 0 Å². The molecule has 7 heteroatoms. The Bertz CT molecular complexity index is 335. The van der Waals surface area contributed by atoms with Gasteiger partial charge in [-0.2, -0.15) is 0 Å². The van der Waals surface area contributed by atoms with E-state index in [2.05, 4.69) is 4.74 Å². The largest absolute Gasteiger partial charge is 0.572 e. The van der Waals surface area contributed by atoms with Crippen LogP contribution in [0.25, 0.3) is 0 Å². The van der Waals surface area contributed by atoms with E-state index in [-0.39, 0.29) is 5.76 Å². The first kappa shape index (κ1) is 16.4. The van der Waals surface area contributed by atoms with Gasteiger partial charge in [0.05, 0.1) is 17.0 Å². The molecule has 19 heavy (non-hydrogen) atoms. The van der Waals surface area contributed by atoms with Crippen molar-refractivity contribution in [2.24, 2.45) is 0 Å². The SMILES string of the molecule is C/C(=C\CCB1OC(C)(C)C(C)(C)O1)OC(F)(F)F. The highest BCUT2D eigenvalue weighted by Gasteiger charge is 2.50. The van der Waals surface area contributed by atoms with Gasteiger partial charge in [0.1, 0.15) is 0 Å². The van der Waals surface area contributed by atoms with Gasteiger partial charge in [-0.15, -0.1) is 13.2 Å². The lowest BCUT2D eigenvalue weighted by Crippen LogP contribution is -2.41. The van der Waals surface area contributed by atoms with Crippen molar-refractivity contribution in [2.75, 3.05) is 0 Å². The zero-order valence-electron chi connectivity index (χ0n) is 11.9. The predicted molar refractivity (Wildman–Crippen MR) is 66.4 cm³/mol. The molecule has 110 valence electrons. The molecule has 0 atom stereocenters. The molecule has 1 rings (SSSR count). The highest BCUT2D eigenvalue weighted by molar-refractivity contribution is 6.45. The zero-order valence-corrected chi connectivity index (χ0v) is 11.9. The highest BCUT2D eigenvalue weighted by Crippen LogP contribution is 2.38. The molecule has 0 radical (unpaired) electrons. The molecule has 1 saturated heterocycles. The Hall–Kier alpha value is -0.685. The summed E-state index contributed by atoms with van der Waals surface area (Å²) in [4.78, 5) is 0. The molecule has 0 bridgehead atoms. The number of alkyl halides is 3. The Morgan fingerprint density at radius 3 is 2.05 bits per heavy atom. The molecule has 1 aliphatic heterocycles. The number of ether oxygens (including phenoxy) is 1. The second-order valence-electron chi connectivity index (χ2n) is 5.63. The average molecular weight is 280 g/mol. The molecule has 1 heterocycles. The summed E-state index contributed by atoms with van der Waals surface area (Å²) < 4.78 is 51.0. The van der Waals surface area contributed by atoms with E-state index in [0.29, 0.717) is 12.7 Å². The van der Waals surface area contributed by atoms with Gasteiger partial charge in [0.2, 0.25) is 0 Å². The van der Waals surface area contributed by atoms with Gasteiger partial charge in [0, 0.05) is 0 Å². The molecule has 0 aliphatic carbocycles. The Morgan fingerprint density at radius 2 is 1.63 bits per heavy atom. The molecular formula is C12H20BF3O3.